The fourth-order valence-corrected chi connectivity index (χ4v) is 2.80. The molecule has 17 heavy (non-hydrogen) atoms. The Hall–Kier alpha value is -0.810. The molecule has 0 aromatic rings. The van der Waals surface area contributed by atoms with Crippen LogP contribution in [0.25, 0.3) is 0 Å². The molecular formula is C12H24N4O. The van der Waals surface area contributed by atoms with E-state index in [-0.39, 0.29) is 6.03 Å². The highest BCUT2D eigenvalue weighted by atomic mass is 16.2. The average molecular weight is 240 g/mol. The van der Waals surface area contributed by atoms with Gasteiger partial charge in [-0.05, 0) is 38.3 Å². The van der Waals surface area contributed by atoms with Gasteiger partial charge in [0, 0.05) is 32.7 Å². The van der Waals surface area contributed by atoms with E-state index in [1.165, 1.54) is 32.5 Å². The normalized spacial score (nSPS) is 27.0. The average Bonchev–Trinajstić information content (AvgIpc) is 2.77. The van der Waals surface area contributed by atoms with Crippen molar-refractivity contribution in [2.45, 2.75) is 25.3 Å². The molecule has 2 amide bonds. The van der Waals surface area contributed by atoms with E-state index in [1.807, 2.05) is 0 Å². The molecule has 2 fully saturated rings. The Balaban J connectivity index is 1.68. The number of carbonyl (C=O) groups is 1. The summed E-state index contributed by atoms with van der Waals surface area (Å²) < 4.78 is 0. The Bertz CT molecular complexity index is 253. The van der Waals surface area contributed by atoms with Crippen LogP contribution in [0.5, 0.6) is 0 Å². The Kier molecular flexibility index (Phi) is 4.62. The Labute approximate surface area is 103 Å². The van der Waals surface area contributed by atoms with Gasteiger partial charge in [0.05, 0.1) is 0 Å². The van der Waals surface area contributed by atoms with Crippen LogP contribution in [0, 0.1) is 5.92 Å². The first-order valence-corrected chi connectivity index (χ1v) is 6.69. The van der Waals surface area contributed by atoms with Crippen molar-refractivity contribution >= 4 is 6.03 Å². The second-order valence-corrected chi connectivity index (χ2v) is 5.16. The number of hydrogen-bond acceptors (Lipinski definition) is 3. The number of likely N-dealkylation sites (tertiary alicyclic amines) is 1. The number of amides is 2. The maximum atomic E-state index is 11.2. The molecule has 2 aliphatic heterocycles. The van der Waals surface area contributed by atoms with Crippen LogP contribution in [0.3, 0.4) is 0 Å². The molecule has 0 bridgehead atoms. The molecule has 0 aliphatic carbocycles. The lowest BCUT2D eigenvalue weighted by molar-refractivity contribution is 0.229. The van der Waals surface area contributed by atoms with Gasteiger partial charge in [0.2, 0.25) is 0 Å². The fraction of sp³-hybridized carbons (Fsp3) is 0.917. The van der Waals surface area contributed by atoms with Crippen molar-refractivity contribution in [3.63, 3.8) is 0 Å². The maximum Gasteiger partial charge on any atom is 0.314 e. The third kappa shape index (κ3) is 3.85. The van der Waals surface area contributed by atoms with Crippen molar-refractivity contribution in [2.75, 3.05) is 39.8 Å². The van der Waals surface area contributed by atoms with E-state index in [0.29, 0.717) is 6.04 Å². The Morgan fingerprint density at radius 2 is 2.12 bits per heavy atom. The second kappa shape index (κ2) is 6.21. The zero-order chi connectivity index (χ0) is 12.1. The quantitative estimate of drug-likeness (QED) is 0.650. The minimum Gasteiger partial charge on any atom is -0.341 e. The maximum absolute atomic E-state index is 11.2. The molecule has 0 saturated carbocycles. The molecule has 0 radical (unpaired) electrons. The molecule has 2 heterocycles. The van der Waals surface area contributed by atoms with Crippen molar-refractivity contribution in [2.24, 2.45) is 5.92 Å². The van der Waals surface area contributed by atoms with Crippen LogP contribution in [0.1, 0.15) is 19.3 Å². The van der Waals surface area contributed by atoms with E-state index in [0.717, 1.165) is 25.4 Å². The minimum absolute atomic E-state index is 0.0567. The minimum atomic E-state index is -0.0567. The van der Waals surface area contributed by atoms with Gasteiger partial charge in [-0.1, -0.05) is 0 Å². The largest absolute Gasteiger partial charge is 0.341 e. The number of rotatable bonds is 3. The lowest BCUT2D eigenvalue weighted by Crippen LogP contribution is -2.42. The summed E-state index contributed by atoms with van der Waals surface area (Å²) in [5.41, 5.74) is 0. The van der Waals surface area contributed by atoms with E-state index in [2.05, 4.69) is 20.9 Å². The van der Waals surface area contributed by atoms with Crippen LogP contribution in [-0.4, -0.2) is 56.7 Å². The summed E-state index contributed by atoms with van der Waals surface area (Å²) in [6, 6.07) is 0.274. The summed E-state index contributed by atoms with van der Waals surface area (Å²) in [6.07, 6.45) is 3.67. The zero-order valence-corrected chi connectivity index (χ0v) is 10.7. The van der Waals surface area contributed by atoms with Crippen molar-refractivity contribution in [3.05, 3.63) is 0 Å². The molecule has 5 nitrogen and oxygen atoms in total. The summed E-state index contributed by atoms with van der Waals surface area (Å²) in [6.45, 7) is 5.67. The van der Waals surface area contributed by atoms with Crippen molar-refractivity contribution in [3.8, 4) is 0 Å². The predicted octanol–water partition coefficient (Wildman–Crippen LogP) is -0.0107. The standard InChI is InChI=1S/C12H24N4O/c1-13-12(17)15-11-4-7-16(9-11)8-10-2-5-14-6-3-10/h10-11,14H,2-9H2,1H3,(H2,13,15,17). The first kappa shape index (κ1) is 12.6. The highest BCUT2D eigenvalue weighted by molar-refractivity contribution is 5.73. The van der Waals surface area contributed by atoms with Gasteiger partial charge >= 0.3 is 6.03 Å². The molecule has 2 saturated heterocycles. The second-order valence-electron chi connectivity index (χ2n) is 5.16. The van der Waals surface area contributed by atoms with Crippen molar-refractivity contribution < 1.29 is 4.79 Å². The Morgan fingerprint density at radius 3 is 2.82 bits per heavy atom. The van der Waals surface area contributed by atoms with Crippen LogP contribution >= 0.6 is 0 Å². The first-order chi connectivity index (χ1) is 8.28. The monoisotopic (exact) mass is 240 g/mol. The highest BCUT2D eigenvalue weighted by Gasteiger charge is 2.25. The highest BCUT2D eigenvalue weighted by Crippen LogP contribution is 2.17. The van der Waals surface area contributed by atoms with Gasteiger partial charge in [-0.25, -0.2) is 4.79 Å². The van der Waals surface area contributed by atoms with Crippen LogP contribution in [0.15, 0.2) is 0 Å². The molecule has 2 aliphatic rings. The molecule has 5 heteroatoms. The molecular weight excluding hydrogens is 216 g/mol. The fourth-order valence-electron chi connectivity index (χ4n) is 2.80. The molecule has 2 rings (SSSR count). The van der Waals surface area contributed by atoms with Crippen LogP contribution in [-0.2, 0) is 0 Å². The SMILES string of the molecule is CNC(=O)NC1CCN(CC2CCNCC2)C1. The summed E-state index contributed by atoms with van der Waals surface area (Å²) >= 11 is 0. The van der Waals surface area contributed by atoms with Gasteiger partial charge in [-0.2, -0.15) is 0 Å². The number of hydrogen-bond donors (Lipinski definition) is 3. The first-order valence-electron chi connectivity index (χ1n) is 6.69. The molecule has 1 unspecified atom stereocenters. The predicted molar refractivity (Wildman–Crippen MR) is 68.0 cm³/mol. The lowest BCUT2D eigenvalue weighted by atomic mass is 9.98. The molecule has 98 valence electrons. The molecule has 0 spiro atoms. The van der Waals surface area contributed by atoms with Gasteiger partial charge in [0.15, 0.2) is 0 Å². The third-order valence-corrected chi connectivity index (χ3v) is 3.81. The number of carbonyl (C=O) groups excluding carboxylic acids is 1. The molecule has 3 N–H and O–H groups in total. The lowest BCUT2D eigenvalue weighted by Gasteiger charge is -2.27. The van der Waals surface area contributed by atoms with Gasteiger partial charge in [-0.3, -0.25) is 0 Å². The molecule has 1 atom stereocenters. The zero-order valence-electron chi connectivity index (χ0n) is 10.7. The summed E-state index contributed by atoms with van der Waals surface area (Å²) in [4.78, 5) is 13.7. The number of urea groups is 1. The molecule has 0 aromatic carbocycles. The van der Waals surface area contributed by atoms with Gasteiger partial charge < -0.3 is 20.9 Å². The van der Waals surface area contributed by atoms with E-state index in [4.69, 9.17) is 0 Å². The van der Waals surface area contributed by atoms with E-state index < -0.39 is 0 Å². The number of nitrogens with zero attached hydrogens (tertiary/aromatic N) is 1. The number of piperidine rings is 1. The molecule has 0 aromatic heterocycles. The smallest absolute Gasteiger partial charge is 0.314 e. The van der Waals surface area contributed by atoms with Crippen molar-refractivity contribution in [1.82, 2.24) is 20.9 Å². The van der Waals surface area contributed by atoms with Crippen LogP contribution in [0.4, 0.5) is 4.79 Å². The topological polar surface area (TPSA) is 56.4 Å². The van der Waals surface area contributed by atoms with Crippen molar-refractivity contribution in [1.29, 1.82) is 0 Å². The van der Waals surface area contributed by atoms with Gasteiger partial charge in [-0.15, -0.1) is 0 Å². The number of nitrogens with one attached hydrogen (secondary N) is 3. The third-order valence-electron chi connectivity index (χ3n) is 3.81. The van der Waals surface area contributed by atoms with Crippen LogP contribution in [0.2, 0.25) is 0 Å². The van der Waals surface area contributed by atoms with E-state index in [1.54, 1.807) is 7.05 Å². The summed E-state index contributed by atoms with van der Waals surface area (Å²) in [7, 11) is 1.66. The van der Waals surface area contributed by atoms with Crippen LogP contribution < -0.4 is 16.0 Å². The Morgan fingerprint density at radius 1 is 1.35 bits per heavy atom. The summed E-state index contributed by atoms with van der Waals surface area (Å²) in [5, 5.41) is 9.00. The summed E-state index contributed by atoms with van der Waals surface area (Å²) in [5.74, 6) is 0.843. The van der Waals surface area contributed by atoms with Gasteiger partial charge in [0.1, 0.15) is 0 Å². The van der Waals surface area contributed by atoms with E-state index >= 15 is 0 Å². The van der Waals surface area contributed by atoms with E-state index in [9.17, 15) is 4.79 Å². The van der Waals surface area contributed by atoms with Gasteiger partial charge in [0.25, 0.3) is 0 Å².